The van der Waals surface area contributed by atoms with Gasteiger partial charge in [0.1, 0.15) is 5.82 Å². The van der Waals surface area contributed by atoms with Gasteiger partial charge in [0, 0.05) is 19.3 Å². The van der Waals surface area contributed by atoms with Gasteiger partial charge in [0.05, 0.1) is 0 Å². The summed E-state index contributed by atoms with van der Waals surface area (Å²) in [6, 6.07) is 6.65. The van der Waals surface area contributed by atoms with Crippen LogP contribution in [0.5, 0.6) is 0 Å². The van der Waals surface area contributed by atoms with Gasteiger partial charge in [-0.3, -0.25) is 11.3 Å². The molecule has 0 aliphatic heterocycles. The van der Waals surface area contributed by atoms with Crippen molar-refractivity contribution in [2.75, 3.05) is 13.2 Å². The van der Waals surface area contributed by atoms with Crippen LogP contribution in [0.15, 0.2) is 24.3 Å². The molecule has 3 N–H and O–H groups in total. The Labute approximate surface area is 95.8 Å². The van der Waals surface area contributed by atoms with Crippen LogP contribution in [0.2, 0.25) is 0 Å². The van der Waals surface area contributed by atoms with Crippen molar-refractivity contribution in [2.45, 2.75) is 25.8 Å². The average molecular weight is 226 g/mol. The van der Waals surface area contributed by atoms with Crippen molar-refractivity contribution in [3.63, 3.8) is 0 Å². The van der Waals surface area contributed by atoms with E-state index in [2.05, 4.69) is 5.43 Å². The zero-order valence-corrected chi connectivity index (χ0v) is 9.58. The molecule has 0 fully saturated rings. The van der Waals surface area contributed by atoms with E-state index in [9.17, 15) is 4.39 Å². The van der Waals surface area contributed by atoms with Crippen LogP contribution in [0.3, 0.4) is 0 Å². The topological polar surface area (TPSA) is 47.3 Å². The van der Waals surface area contributed by atoms with E-state index in [-0.39, 0.29) is 11.9 Å². The molecule has 0 amide bonds. The summed E-state index contributed by atoms with van der Waals surface area (Å²) < 4.78 is 18.0. The molecule has 0 aromatic heterocycles. The SMILES string of the molecule is CCOCCC(Cc1ccc(F)cc1)NN. The summed E-state index contributed by atoms with van der Waals surface area (Å²) in [6.45, 7) is 3.37. The Morgan fingerprint density at radius 1 is 1.38 bits per heavy atom. The largest absolute Gasteiger partial charge is 0.382 e. The van der Waals surface area contributed by atoms with E-state index in [0.717, 1.165) is 18.4 Å². The molecule has 0 radical (unpaired) electrons. The molecule has 1 aromatic carbocycles. The fourth-order valence-electron chi connectivity index (χ4n) is 1.52. The standard InChI is InChI=1S/C12H19FN2O/c1-2-16-8-7-12(15-14)9-10-3-5-11(13)6-4-10/h3-6,12,15H,2,7-9,14H2,1H3. The number of nitrogens with one attached hydrogen (secondary N) is 1. The summed E-state index contributed by atoms with van der Waals surface area (Å²) in [5.74, 6) is 5.24. The lowest BCUT2D eigenvalue weighted by Crippen LogP contribution is -2.37. The van der Waals surface area contributed by atoms with E-state index in [1.807, 2.05) is 6.92 Å². The fourth-order valence-corrected chi connectivity index (χ4v) is 1.52. The number of hydrogen-bond donors (Lipinski definition) is 2. The first-order valence-corrected chi connectivity index (χ1v) is 5.54. The molecule has 4 heteroatoms. The maximum Gasteiger partial charge on any atom is 0.123 e. The quantitative estimate of drug-likeness (QED) is 0.422. The first kappa shape index (κ1) is 13.1. The Bertz CT molecular complexity index is 290. The third-order valence-corrected chi connectivity index (χ3v) is 2.45. The van der Waals surface area contributed by atoms with E-state index >= 15 is 0 Å². The lowest BCUT2D eigenvalue weighted by atomic mass is 10.0. The minimum absolute atomic E-state index is 0.164. The third-order valence-electron chi connectivity index (χ3n) is 2.45. The lowest BCUT2D eigenvalue weighted by molar-refractivity contribution is 0.136. The summed E-state index contributed by atoms with van der Waals surface area (Å²) in [4.78, 5) is 0. The van der Waals surface area contributed by atoms with Crippen molar-refractivity contribution in [1.29, 1.82) is 0 Å². The highest BCUT2D eigenvalue weighted by atomic mass is 19.1. The first-order chi connectivity index (χ1) is 7.76. The van der Waals surface area contributed by atoms with Gasteiger partial charge in [-0.25, -0.2) is 4.39 Å². The molecular formula is C12H19FN2O. The smallest absolute Gasteiger partial charge is 0.123 e. The molecule has 1 rings (SSSR count). The van der Waals surface area contributed by atoms with Crippen LogP contribution in [-0.2, 0) is 11.2 Å². The second kappa shape index (κ2) is 7.33. The number of ether oxygens (including phenoxy) is 1. The van der Waals surface area contributed by atoms with Gasteiger partial charge in [-0.05, 0) is 37.5 Å². The fraction of sp³-hybridized carbons (Fsp3) is 0.500. The van der Waals surface area contributed by atoms with Gasteiger partial charge in [-0.2, -0.15) is 0 Å². The number of nitrogens with two attached hydrogens (primary N) is 1. The highest BCUT2D eigenvalue weighted by Gasteiger charge is 2.07. The molecular weight excluding hydrogens is 207 g/mol. The van der Waals surface area contributed by atoms with Crippen LogP contribution in [0, 0.1) is 5.82 Å². The van der Waals surface area contributed by atoms with Crippen LogP contribution in [0.4, 0.5) is 4.39 Å². The number of rotatable bonds is 7. The minimum Gasteiger partial charge on any atom is -0.382 e. The minimum atomic E-state index is -0.213. The second-order valence-corrected chi connectivity index (χ2v) is 3.68. The first-order valence-electron chi connectivity index (χ1n) is 5.54. The van der Waals surface area contributed by atoms with Crippen LogP contribution in [0.1, 0.15) is 18.9 Å². The Kier molecular flexibility index (Phi) is 6.00. The van der Waals surface area contributed by atoms with E-state index < -0.39 is 0 Å². The van der Waals surface area contributed by atoms with Crippen LogP contribution < -0.4 is 11.3 Å². The van der Waals surface area contributed by atoms with Gasteiger partial charge in [0.25, 0.3) is 0 Å². The van der Waals surface area contributed by atoms with E-state index in [4.69, 9.17) is 10.6 Å². The lowest BCUT2D eigenvalue weighted by Gasteiger charge is -2.15. The summed E-state index contributed by atoms with van der Waals surface area (Å²) in [6.07, 6.45) is 1.63. The van der Waals surface area contributed by atoms with Crippen LogP contribution in [0.25, 0.3) is 0 Å². The van der Waals surface area contributed by atoms with Crippen molar-refractivity contribution < 1.29 is 9.13 Å². The van der Waals surface area contributed by atoms with Crippen molar-refractivity contribution in [3.8, 4) is 0 Å². The van der Waals surface area contributed by atoms with Gasteiger partial charge in [0.15, 0.2) is 0 Å². The maximum absolute atomic E-state index is 12.7. The number of hydrogen-bond acceptors (Lipinski definition) is 3. The normalized spacial score (nSPS) is 12.7. The Morgan fingerprint density at radius 3 is 2.62 bits per heavy atom. The highest BCUT2D eigenvalue weighted by molar-refractivity contribution is 5.17. The molecule has 3 nitrogen and oxygen atoms in total. The Morgan fingerprint density at radius 2 is 2.06 bits per heavy atom. The predicted octanol–water partition coefficient (Wildman–Crippen LogP) is 1.63. The van der Waals surface area contributed by atoms with Gasteiger partial charge in [0.2, 0.25) is 0 Å². The van der Waals surface area contributed by atoms with Gasteiger partial charge >= 0.3 is 0 Å². The van der Waals surface area contributed by atoms with Crippen LogP contribution >= 0.6 is 0 Å². The molecule has 0 aliphatic carbocycles. The highest BCUT2D eigenvalue weighted by Crippen LogP contribution is 2.07. The van der Waals surface area contributed by atoms with E-state index in [1.165, 1.54) is 12.1 Å². The predicted molar refractivity (Wildman–Crippen MR) is 62.3 cm³/mol. The summed E-state index contributed by atoms with van der Waals surface area (Å²) in [5.41, 5.74) is 3.82. The monoisotopic (exact) mass is 226 g/mol. The van der Waals surface area contributed by atoms with Gasteiger partial charge < -0.3 is 4.74 Å². The zero-order valence-electron chi connectivity index (χ0n) is 9.58. The summed E-state index contributed by atoms with van der Waals surface area (Å²) >= 11 is 0. The molecule has 90 valence electrons. The van der Waals surface area contributed by atoms with Crippen LogP contribution in [-0.4, -0.2) is 19.3 Å². The number of halogens is 1. The number of hydrazine groups is 1. The van der Waals surface area contributed by atoms with Gasteiger partial charge in [-0.1, -0.05) is 12.1 Å². The van der Waals surface area contributed by atoms with Crippen molar-refractivity contribution in [3.05, 3.63) is 35.6 Å². The van der Waals surface area contributed by atoms with Gasteiger partial charge in [-0.15, -0.1) is 0 Å². The molecule has 16 heavy (non-hydrogen) atoms. The Hall–Kier alpha value is -0.970. The Balaban J connectivity index is 2.40. The number of benzene rings is 1. The van der Waals surface area contributed by atoms with E-state index in [1.54, 1.807) is 12.1 Å². The molecule has 0 heterocycles. The van der Waals surface area contributed by atoms with Crippen molar-refractivity contribution in [1.82, 2.24) is 5.43 Å². The van der Waals surface area contributed by atoms with Crippen molar-refractivity contribution >= 4 is 0 Å². The molecule has 0 spiro atoms. The van der Waals surface area contributed by atoms with Crippen molar-refractivity contribution in [2.24, 2.45) is 5.84 Å². The third kappa shape index (κ3) is 4.70. The molecule has 0 saturated carbocycles. The second-order valence-electron chi connectivity index (χ2n) is 3.68. The summed E-state index contributed by atoms with van der Waals surface area (Å²) in [5, 5.41) is 0. The molecule has 1 unspecified atom stereocenters. The summed E-state index contributed by atoms with van der Waals surface area (Å²) in [7, 11) is 0. The molecule has 1 aromatic rings. The molecule has 1 atom stereocenters. The molecule has 0 bridgehead atoms. The maximum atomic E-state index is 12.7. The average Bonchev–Trinajstić information content (AvgIpc) is 2.31. The zero-order chi connectivity index (χ0) is 11.8. The molecule has 0 aliphatic rings. The van der Waals surface area contributed by atoms with E-state index in [0.29, 0.717) is 13.2 Å². The molecule has 0 saturated heterocycles.